The highest BCUT2D eigenvalue weighted by atomic mass is 32.1. The molecule has 0 atom stereocenters. The zero-order chi connectivity index (χ0) is 25.9. The molecule has 196 valence electrons. The van der Waals surface area contributed by atoms with Gasteiger partial charge in [-0.05, 0) is 80.4 Å². The van der Waals surface area contributed by atoms with Crippen LogP contribution in [0.5, 0.6) is 5.75 Å². The number of imidazole rings is 1. The first kappa shape index (κ1) is 25.0. The van der Waals surface area contributed by atoms with E-state index in [-0.39, 0.29) is 0 Å². The topological polar surface area (TPSA) is 44.0 Å². The molecule has 1 fully saturated rings. The molecule has 5 nitrogen and oxygen atoms in total. The lowest BCUT2D eigenvalue weighted by atomic mass is 10.1. The minimum Gasteiger partial charge on any atom is -0.490 e. The first-order valence-corrected chi connectivity index (χ1v) is 14.7. The Balaban J connectivity index is 1.25. The Morgan fingerprint density at radius 3 is 2.55 bits per heavy atom. The maximum atomic E-state index is 6.20. The number of aryl methyl sites for hydroxylation is 3. The Labute approximate surface area is 229 Å². The third-order valence-corrected chi connectivity index (χ3v) is 8.53. The second kappa shape index (κ2) is 11.2. The van der Waals surface area contributed by atoms with Crippen LogP contribution < -0.4 is 10.1 Å². The summed E-state index contributed by atoms with van der Waals surface area (Å²) in [6, 6.07) is 24.0. The van der Waals surface area contributed by atoms with E-state index in [1.807, 2.05) is 0 Å². The number of ether oxygens (including phenoxy) is 1. The summed E-state index contributed by atoms with van der Waals surface area (Å²) in [7, 11) is 2.16. The van der Waals surface area contributed by atoms with E-state index >= 15 is 0 Å². The smallest absolute Gasteiger partial charge is 0.157 e. The van der Waals surface area contributed by atoms with Crippen LogP contribution in [0, 0.1) is 0 Å². The standard InChI is InChI=1S/C32H36N4OS/c1-3-27-31(24-9-5-4-6-10-24)36(32(34-27)29-22-30-28(35(29)2)17-21-38-30)20-7-8-23-11-13-25(14-12-23)37-26-15-18-33-19-16-26/h4-6,9-14,17,21-22,26,33H,3,7-8,15-16,18-20H2,1-2H3. The van der Waals surface area contributed by atoms with Crippen LogP contribution in [0.15, 0.2) is 72.1 Å². The van der Waals surface area contributed by atoms with Crippen molar-refractivity contribution in [1.29, 1.82) is 0 Å². The van der Waals surface area contributed by atoms with Crippen LogP contribution in [0.3, 0.4) is 0 Å². The summed E-state index contributed by atoms with van der Waals surface area (Å²) in [5.41, 5.74) is 7.45. The van der Waals surface area contributed by atoms with Gasteiger partial charge in [-0.2, -0.15) is 0 Å². The van der Waals surface area contributed by atoms with Crippen LogP contribution >= 0.6 is 11.3 Å². The monoisotopic (exact) mass is 524 g/mol. The fraction of sp³-hybridized carbons (Fsp3) is 0.344. The molecule has 38 heavy (non-hydrogen) atoms. The molecule has 0 aliphatic carbocycles. The molecule has 5 aromatic rings. The molecule has 2 aromatic carbocycles. The highest BCUT2D eigenvalue weighted by molar-refractivity contribution is 7.17. The van der Waals surface area contributed by atoms with Gasteiger partial charge in [0.2, 0.25) is 0 Å². The van der Waals surface area contributed by atoms with Gasteiger partial charge in [0, 0.05) is 19.2 Å². The summed E-state index contributed by atoms with van der Waals surface area (Å²) in [6.45, 7) is 5.22. The number of rotatable bonds is 9. The zero-order valence-electron chi connectivity index (χ0n) is 22.3. The van der Waals surface area contributed by atoms with Gasteiger partial charge in [0.25, 0.3) is 0 Å². The fourth-order valence-electron chi connectivity index (χ4n) is 5.63. The van der Waals surface area contributed by atoms with E-state index < -0.39 is 0 Å². The molecule has 0 unspecified atom stereocenters. The molecular weight excluding hydrogens is 488 g/mol. The Hall–Kier alpha value is -3.35. The molecule has 1 N–H and O–H groups in total. The maximum absolute atomic E-state index is 6.20. The Morgan fingerprint density at radius 1 is 1.03 bits per heavy atom. The van der Waals surface area contributed by atoms with E-state index in [4.69, 9.17) is 9.72 Å². The molecular formula is C32H36N4OS. The lowest BCUT2D eigenvalue weighted by molar-refractivity contribution is 0.162. The Morgan fingerprint density at radius 2 is 1.82 bits per heavy atom. The molecule has 3 aromatic heterocycles. The van der Waals surface area contributed by atoms with Crippen molar-refractivity contribution in [3.63, 3.8) is 0 Å². The number of hydrogen-bond donors (Lipinski definition) is 1. The van der Waals surface area contributed by atoms with Crippen molar-refractivity contribution < 1.29 is 4.74 Å². The summed E-state index contributed by atoms with van der Waals surface area (Å²) in [5, 5.41) is 5.56. The highest BCUT2D eigenvalue weighted by Crippen LogP contribution is 2.35. The summed E-state index contributed by atoms with van der Waals surface area (Å²) < 4.78 is 12.3. The van der Waals surface area contributed by atoms with Crippen LogP contribution in [0.1, 0.15) is 37.4 Å². The molecule has 4 heterocycles. The van der Waals surface area contributed by atoms with Gasteiger partial charge in [-0.25, -0.2) is 4.98 Å². The average molecular weight is 525 g/mol. The van der Waals surface area contributed by atoms with Crippen molar-refractivity contribution in [3.8, 4) is 28.5 Å². The first-order valence-electron chi connectivity index (χ1n) is 13.9. The summed E-state index contributed by atoms with van der Waals surface area (Å²) in [4.78, 5) is 5.23. The fourth-order valence-corrected chi connectivity index (χ4v) is 6.48. The molecule has 1 aliphatic rings. The van der Waals surface area contributed by atoms with Gasteiger partial charge < -0.3 is 19.2 Å². The normalized spacial score (nSPS) is 14.4. The first-order chi connectivity index (χ1) is 18.7. The molecule has 0 amide bonds. The second-order valence-corrected chi connectivity index (χ2v) is 11.1. The lowest BCUT2D eigenvalue weighted by Crippen LogP contribution is -2.34. The summed E-state index contributed by atoms with van der Waals surface area (Å²) in [5.74, 6) is 2.05. The number of hydrogen-bond acceptors (Lipinski definition) is 4. The Bertz CT molecular complexity index is 1490. The van der Waals surface area contributed by atoms with Crippen LogP contribution in [0.25, 0.3) is 33.0 Å². The zero-order valence-corrected chi connectivity index (χ0v) is 23.1. The Kier molecular flexibility index (Phi) is 7.34. The summed E-state index contributed by atoms with van der Waals surface area (Å²) >= 11 is 1.79. The lowest BCUT2D eigenvalue weighted by Gasteiger charge is -2.23. The number of benzene rings is 2. The van der Waals surface area contributed by atoms with E-state index in [1.54, 1.807) is 11.3 Å². The van der Waals surface area contributed by atoms with Crippen LogP contribution in [0.4, 0.5) is 0 Å². The van der Waals surface area contributed by atoms with Gasteiger partial charge in [0.1, 0.15) is 11.9 Å². The van der Waals surface area contributed by atoms with Crippen molar-refractivity contribution in [3.05, 3.63) is 83.4 Å². The number of aromatic nitrogens is 3. The van der Waals surface area contributed by atoms with Crippen molar-refractivity contribution in [2.24, 2.45) is 7.05 Å². The molecule has 0 bridgehead atoms. The van der Waals surface area contributed by atoms with Crippen molar-refractivity contribution in [2.45, 2.75) is 51.7 Å². The van der Waals surface area contributed by atoms with Gasteiger partial charge >= 0.3 is 0 Å². The number of piperidine rings is 1. The van der Waals surface area contributed by atoms with E-state index in [0.29, 0.717) is 6.10 Å². The van der Waals surface area contributed by atoms with Gasteiger partial charge in [-0.3, -0.25) is 0 Å². The molecule has 1 saturated heterocycles. The van der Waals surface area contributed by atoms with Crippen LogP contribution in [-0.4, -0.2) is 33.3 Å². The highest BCUT2D eigenvalue weighted by Gasteiger charge is 2.22. The van der Waals surface area contributed by atoms with Crippen LogP contribution in [-0.2, 0) is 26.4 Å². The van der Waals surface area contributed by atoms with Gasteiger partial charge in [-0.15, -0.1) is 11.3 Å². The van der Waals surface area contributed by atoms with Crippen molar-refractivity contribution in [2.75, 3.05) is 13.1 Å². The minimum atomic E-state index is 0.332. The number of nitrogens with zero attached hydrogens (tertiary/aromatic N) is 3. The predicted octanol–water partition coefficient (Wildman–Crippen LogP) is 7.10. The van der Waals surface area contributed by atoms with E-state index in [0.717, 1.165) is 69.0 Å². The van der Waals surface area contributed by atoms with E-state index in [1.165, 1.54) is 32.7 Å². The molecule has 6 rings (SSSR count). The predicted molar refractivity (Wildman–Crippen MR) is 158 cm³/mol. The molecule has 0 saturated carbocycles. The van der Waals surface area contributed by atoms with E-state index in [9.17, 15) is 0 Å². The molecule has 6 heteroatoms. The van der Waals surface area contributed by atoms with Crippen LogP contribution in [0.2, 0.25) is 0 Å². The largest absolute Gasteiger partial charge is 0.490 e. The molecule has 1 aliphatic heterocycles. The van der Waals surface area contributed by atoms with Crippen molar-refractivity contribution >= 4 is 21.6 Å². The third-order valence-electron chi connectivity index (χ3n) is 7.67. The van der Waals surface area contributed by atoms with Crippen molar-refractivity contribution in [1.82, 2.24) is 19.4 Å². The average Bonchev–Trinajstić information content (AvgIpc) is 3.65. The van der Waals surface area contributed by atoms with Gasteiger partial charge in [0.15, 0.2) is 5.82 Å². The SMILES string of the molecule is CCc1nc(-c2cc3sccc3n2C)n(CCCc2ccc(OC3CCNCC3)cc2)c1-c1ccccc1. The summed E-state index contributed by atoms with van der Waals surface area (Å²) in [6.07, 6.45) is 5.46. The maximum Gasteiger partial charge on any atom is 0.157 e. The van der Waals surface area contributed by atoms with Gasteiger partial charge in [-0.1, -0.05) is 49.4 Å². The molecule has 0 spiro atoms. The minimum absolute atomic E-state index is 0.332. The second-order valence-electron chi connectivity index (χ2n) is 10.2. The van der Waals surface area contributed by atoms with Gasteiger partial charge in [0.05, 0.1) is 27.3 Å². The number of thiophene rings is 1. The third kappa shape index (κ3) is 5.03. The van der Waals surface area contributed by atoms with E-state index in [2.05, 4.69) is 101 Å². The number of nitrogens with one attached hydrogen (secondary N) is 1. The number of fused-ring (bicyclic) bond motifs is 1. The quantitative estimate of drug-likeness (QED) is 0.224. The molecule has 0 radical (unpaired) electrons.